The smallest absolute Gasteiger partial charge is 0.122 e. The van der Waals surface area contributed by atoms with Crippen molar-refractivity contribution < 1.29 is 9.90 Å². The Morgan fingerprint density at radius 2 is 2.21 bits per heavy atom. The average Bonchev–Trinajstić information content (AvgIpc) is 2.61. The van der Waals surface area contributed by atoms with Crippen molar-refractivity contribution in [2.45, 2.75) is 12.5 Å². The third-order valence-electron chi connectivity index (χ3n) is 2.19. The van der Waals surface area contributed by atoms with E-state index in [1.165, 1.54) is 0 Å². The van der Waals surface area contributed by atoms with E-state index >= 15 is 0 Å². The summed E-state index contributed by atoms with van der Waals surface area (Å²) in [4.78, 5) is 10.3. The fourth-order valence-electron chi connectivity index (χ4n) is 1.47. The van der Waals surface area contributed by atoms with Gasteiger partial charge in [-0.3, -0.25) is 0 Å². The maximum atomic E-state index is 10.3. The van der Waals surface area contributed by atoms with E-state index < -0.39 is 6.10 Å². The van der Waals surface area contributed by atoms with Gasteiger partial charge in [0.25, 0.3) is 0 Å². The summed E-state index contributed by atoms with van der Waals surface area (Å²) >= 11 is 1.59. The standard InChI is InChI=1S/C11H10O2S/c12-6-5-10(13)9-7-14-11-4-2-1-3-8(9)11/h1-4,6-7,10,13H,5H2. The maximum Gasteiger partial charge on any atom is 0.122 e. The molecule has 0 saturated carbocycles. The third-order valence-corrected chi connectivity index (χ3v) is 3.17. The Labute approximate surface area is 85.8 Å². The summed E-state index contributed by atoms with van der Waals surface area (Å²) in [6.07, 6.45) is 0.251. The Balaban J connectivity index is 2.47. The van der Waals surface area contributed by atoms with Crippen LogP contribution in [0.5, 0.6) is 0 Å². The first-order chi connectivity index (χ1) is 6.83. The zero-order chi connectivity index (χ0) is 9.97. The summed E-state index contributed by atoms with van der Waals surface area (Å²) < 4.78 is 1.15. The summed E-state index contributed by atoms with van der Waals surface area (Å²) in [6, 6.07) is 7.88. The first-order valence-corrected chi connectivity index (χ1v) is 5.28. The number of hydrogen-bond donors (Lipinski definition) is 1. The molecule has 1 atom stereocenters. The van der Waals surface area contributed by atoms with E-state index in [0.717, 1.165) is 21.9 Å². The van der Waals surface area contributed by atoms with E-state index in [9.17, 15) is 9.90 Å². The number of thiophene rings is 1. The molecule has 0 saturated heterocycles. The minimum absolute atomic E-state index is 0.167. The van der Waals surface area contributed by atoms with Gasteiger partial charge in [-0.2, -0.15) is 0 Å². The van der Waals surface area contributed by atoms with Gasteiger partial charge in [0.2, 0.25) is 0 Å². The highest BCUT2D eigenvalue weighted by Gasteiger charge is 2.11. The number of rotatable bonds is 3. The summed E-state index contributed by atoms with van der Waals surface area (Å²) in [7, 11) is 0. The first kappa shape index (κ1) is 9.37. The van der Waals surface area contributed by atoms with Crippen molar-refractivity contribution in [2.75, 3.05) is 0 Å². The van der Waals surface area contributed by atoms with Crippen LogP contribution in [-0.2, 0) is 4.79 Å². The van der Waals surface area contributed by atoms with Gasteiger partial charge in [-0.15, -0.1) is 11.3 Å². The largest absolute Gasteiger partial charge is 0.388 e. The Morgan fingerprint density at radius 3 is 3.00 bits per heavy atom. The van der Waals surface area contributed by atoms with Crippen LogP contribution >= 0.6 is 11.3 Å². The molecule has 0 radical (unpaired) electrons. The minimum Gasteiger partial charge on any atom is -0.388 e. The molecule has 2 nitrogen and oxygen atoms in total. The molecule has 0 aliphatic heterocycles. The fraction of sp³-hybridized carbons (Fsp3) is 0.182. The van der Waals surface area contributed by atoms with Gasteiger partial charge in [0, 0.05) is 11.1 Å². The van der Waals surface area contributed by atoms with E-state index in [-0.39, 0.29) is 6.42 Å². The highest BCUT2D eigenvalue weighted by Crippen LogP contribution is 2.30. The molecule has 1 aromatic heterocycles. The van der Waals surface area contributed by atoms with E-state index in [1.54, 1.807) is 11.3 Å². The molecule has 3 heteroatoms. The van der Waals surface area contributed by atoms with Gasteiger partial charge in [0.1, 0.15) is 6.29 Å². The molecule has 2 aromatic rings. The first-order valence-electron chi connectivity index (χ1n) is 4.40. The highest BCUT2D eigenvalue weighted by molar-refractivity contribution is 7.17. The van der Waals surface area contributed by atoms with Crippen LogP contribution in [0, 0.1) is 0 Å². The minimum atomic E-state index is -0.663. The summed E-state index contributed by atoms with van der Waals surface area (Å²) in [6.45, 7) is 0. The molecule has 0 amide bonds. The van der Waals surface area contributed by atoms with Crippen molar-refractivity contribution in [3.8, 4) is 0 Å². The van der Waals surface area contributed by atoms with Gasteiger partial charge in [0.05, 0.1) is 6.10 Å². The van der Waals surface area contributed by atoms with Gasteiger partial charge in [-0.05, 0) is 22.4 Å². The molecule has 1 heterocycles. The monoisotopic (exact) mass is 206 g/mol. The predicted molar refractivity (Wildman–Crippen MR) is 57.5 cm³/mol. The van der Waals surface area contributed by atoms with Gasteiger partial charge >= 0.3 is 0 Å². The molecule has 0 aliphatic rings. The van der Waals surface area contributed by atoms with Gasteiger partial charge in [-0.1, -0.05) is 18.2 Å². The van der Waals surface area contributed by atoms with Crippen LogP contribution in [0.15, 0.2) is 29.6 Å². The second-order valence-corrected chi connectivity index (χ2v) is 4.02. The van der Waals surface area contributed by atoms with E-state index in [1.807, 2.05) is 29.6 Å². The molecule has 0 bridgehead atoms. The lowest BCUT2D eigenvalue weighted by Crippen LogP contribution is -1.96. The number of aliphatic hydroxyl groups is 1. The van der Waals surface area contributed by atoms with Crippen molar-refractivity contribution in [2.24, 2.45) is 0 Å². The average molecular weight is 206 g/mol. The summed E-state index contributed by atoms with van der Waals surface area (Å²) in [5, 5.41) is 12.6. The number of benzene rings is 1. The number of fused-ring (bicyclic) bond motifs is 1. The van der Waals surface area contributed by atoms with Crippen molar-refractivity contribution in [1.29, 1.82) is 0 Å². The zero-order valence-electron chi connectivity index (χ0n) is 7.51. The van der Waals surface area contributed by atoms with Crippen LogP contribution in [0.4, 0.5) is 0 Å². The Bertz CT molecular complexity index is 447. The van der Waals surface area contributed by atoms with Gasteiger partial charge in [-0.25, -0.2) is 0 Å². The van der Waals surface area contributed by atoms with Crippen molar-refractivity contribution in [1.82, 2.24) is 0 Å². The van der Waals surface area contributed by atoms with Gasteiger partial charge < -0.3 is 9.90 Å². The SMILES string of the molecule is O=CCC(O)c1csc2ccccc12. The van der Waals surface area contributed by atoms with E-state index in [4.69, 9.17) is 0 Å². The molecular weight excluding hydrogens is 196 g/mol. The quantitative estimate of drug-likeness (QED) is 0.783. The van der Waals surface area contributed by atoms with Crippen molar-refractivity contribution >= 4 is 27.7 Å². The van der Waals surface area contributed by atoms with Crippen molar-refractivity contribution in [3.63, 3.8) is 0 Å². The lowest BCUT2D eigenvalue weighted by molar-refractivity contribution is -0.109. The van der Waals surface area contributed by atoms with Crippen LogP contribution in [0.1, 0.15) is 18.1 Å². The normalized spacial score (nSPS) is 12.9. The van der Waals surface area contributed by atoms with Crippen LogP contribution in [0.3, 0.4) is 0 Å². The Kier molecular flexibility index (Phi) is 2.61. The fourth-order valence-corrected chi connectivity index (χ4v) is 2.48. The van der Waals surface area contributed by atoms with Crippen molar-refractivity contribution in [3.05, 3.63) is 35.2 Å². The Morgan fingerprint density at radius 1 is 1.43 bits per heavy atom. The maximum absolute atomic E-state index is 10.3. The molecule has 0 aliphatic carbocycles. The number of aldehydes is 1. The number of carbonyl (C=O) groups is 1. The predicted octanol–water partition coefficient (Wildman–Crippen LogP) is 2.52. The highest BCUT2D eigenvalue weighted by atomic mass is 32.1. The van der Waals surface area contributed by atoms with Crippen LogP contribution in [0.2, 0.25) is 0 Å². The van der Waals surface area contributed by atoms with Gasteiger partial charge in [0.15, 0.2) is 0 Å². The van der Waals surface area contributed by atoms with Crippen LogP contribution in [0.25, 0.3) is 10.1 Å². The lowest BCUT2D eigenvalue weighted by Gasteiger charge is -2.04. The number of carbonyl (C=O) groups excluding carboxylic acids is 1. The number of aliphatic hydroxyl groups excluding tert-OH is 1. The number of hydrogen-bond acceptors (Lipinski definition) is 3. The summed E-state index contributed by atoms with van der Waals surface area (Å²) in [5.74, 6) is 0. The molecule has 1 unspecified atom stereocenters. The topological polar surface area (TPSA) is 37.3 Å². The zero-order valence-corrected chi connectivity index (χ0v) is 8.33. The molecule has 72 valence electrons. The second-order valence-electron chi connectivity index (χ2n) is 3.11. The molecule has 0 spiro atoms. The van der Waals surface area contributed by atoms with Crippen LogP contribution < -0.4 is 0 Å². The molecule has 2 rings (SSSR count). The third kappa shape index (κ3) is 1.56. The molecule has 0 fully saturated rings. The lowest BCUT2D eigenvalue weighted by atomic mass is 10.1. The second kappa shape index (κ2) is 3.90. The molecule has 14 heavy (non-hydrogen) atoms. The van der Waals surface area contributed by atoms with E-state index in [2.05, 4.69) is 0 Å². The van der Waals surface area contributed by atoms with E-state index in [0.29, 0.717) is 0 Å². The van der Waals surface area contributed by atoms with Crippen LogP contribution in [-0.4, -0.2) is 11.4 Å². The molecule has 1 aromatic carbocycles. The molecular formula is C11H10O2S. The molecule has 1 N–H and O–H groups in total. The Hall–Kier alpha value is -1.19. The summed E-state index contributed by atoms with van der Waals surface area (Å²) in [5.41, 5.74) is 0.859.